The highest BCUT2D eigenvalue weighted by atomic mass is 32.2. The number of likely N-dealkylation sites (tertiary alicyclic amines) is 1. The van der Waals surface area contributed by atoms with Gasteiger partial charge in [-0.3, -0.25) is 0 Å². The lowest BCUT2D eigenvalue weighted by Gasteiger charge is -2.42. The van der Waals surface area contributed by atoms with E-state index in [0.717, 1.165) is 31.7 Å². The molecule has 23 heavy (non-hydrogen) atoms. The second kappa shape index (κ2) is 7.03. The van der Waals surface area contributed by atoms with Crippen LogP contribution in [0.2, 0.25) is 0 Å². The predicted octanol–water partition coefficient (Wildman–Crippen LogP) is 3.99. The first-order valence-corrected chi connectivity index (χ1v) is 11.2. The number of piperidine rings is 1. The molecule has 0 aromatic rings. The standard InChI is InChI=1S/C19H37NO2S/c1-18(2,3)16-8-6-11-20(14-16)12-10-19(4,5)17-9-7-13-23(21,22)15-17/h16-17H,6-15H2,1-5H3. The molecular formula is C19H37NO2S. The van der Waals surface area contributed by atoms with Crippen LogP contribution < -0.4 is 0 Å². The lowest BCUT2D eigenvalue weighted by molar-refractivity contribution is 0.0803. The van der Waals surface area contributed by atoms with Crippen LogP contribution in [0, 0.1) is 22.7 Å². The highest BCUT2D eigenvalue weighted by molar-refractivity contribution is 7.91. The first-order valence-electron chi connectivity index (χ1n) is 9.42. The van der Waals surface area contributed by atoms with Gasteiger partial charge in [-0.1, -0.05) is 34.6 Å². The van der Waals surface area contributed by atoms with Crippen molar-refractivity contribution < 1.29 is 8.42 Å². The highest BCUT2D eigenvalue weighted by Gasteiger charge is 2.36. The Morgan fingerprint density at radius 2 is 1.65 bits per heavy atom. The summed E-state index contributed by atoms with van der Waals surface area (Å²) >= 11 is 0. The molecule has 0 radical (unpaired) electrons. The predicted molar refractivity (Wildman–Crippen MR) is 98.4 cm³/mol. The molecule has 0 saturated carbocycles. The lowest BCUT2D eigenvalue weighted by atomic mass is 9.74. The van der Waals surface area contributed by atoms with E-state index in [9.17, 15) is 8.42 Å². The van der Waals surface area contributed by atoms with Crippen LogP contribution >= 0.6 is 0 Å². The summed E-state index contributed by atoms with van der Waals surface area (Å²) in [4.78, 5) is 2.62. The molecule has 2 saturated heterocycles. The molecular weight excluding hydrogens is 306 g/mol. The van der Waals surface area contributed by atoms with Crippen LogP contribution in [0.5, 0.6) is 0 Å². The molecule has 0 aromatic heterocycles. The molecule has 0 aromatic carbocycles. The van der Waals surface area contributed by atoms with E-state index in [-0.39, 0.29) is 5.41 Å². The normalized spacial score (nSPS) is 30.3. The Morgan fingerprint density at radius 3 is 2.26 bits per heavy atom. The van der Waals surface area contributed by atoms with Crippen molar-refractivity contribution in [2.24, 2.45) is 22.7 Å². The maximum Gasteiger partial charge on any atom is 0.150 e. The van der Waals surface area contributed by atoms with Crippen molar-refractivity contribution in [3.8, 4) is 0 Å². The smallest absolute Gasteiger partial charge is 0.150 e. The van der Waals surface area contributed by atoms with Crippen LogP contribution in [0.25, 0.3) is 0 Å². The van der Waals surface area contributed by atoms with Gasteiger partial charge in [-0.05, 0) is 67.9 Å². The van der Waals surface area contributed by atoms with E-state index >= 15 is 0 Å². The minimum absolute atomic E-state index is 0.127. The molecule has 0 aliphatic carbocycles. The van der Waals surface area contributed by atoms with Gasteiger partial charge in [0, 0.05) is 6.54 Å². The molecule has 3 nitrogen and oxygen atoms in total. The largest absolute Gasteiger partial charge is 0.303 e. The number of sulfone groups is 1. The van der Waals surface area contributed by atoms with E-state index < -0.39 is 9.84 Å². The molecule has 136 valence electrons. The summed E-state index contributed by atoms with van der Waals surface area (Å²) in [5.41, 5.74) is 0.522. The summed E-state index contributed by atoms with van der Waals surface area (Å²) in [6.07, 6.45) is 5.71. The molecule has 2 atom stereocenters. The van der Waals surface area contributed by atoms with Crippen molar-refractivity contribution in [3.63, 3.8) is 0 Å². The van der Waals surface area contributed by atoms with E-state index in [0.29, 0.717) is 22.8 Å². The van der Waals surface area contributed by atoms with Crippen molar-refractivity contribution in [1.29, 1.82) is 0 Å². The number of rotatable bonds is 4. The molecule has 2 rings (SSSR count). The van der Waals surface area contributed by atoms with Gasteiger partial charge in [-0.2, -0.15) is 0 Å². The summed E-state index contributed by atoms with van der Waals surface area (Å²) in [6, 6.07) is 0. The number of nitrogens with zero attached hydrogens (tertiary/aromatic N) is 1. The third-order valence-electron chi connectivity index (χ3n) is 6.37. The monoisotopic (exact) mass is 343 g/mol. The van der Waals surface area contributed by atoms with Crippen molar-refractivity contribution in [2.45, 2.75) is 66.7 Å². The average Bonchev–Trinajstić information content (AvgIpc) is 2.44. The SMILES string of the molecule is CC(C)(C)C1CCCN(CCC(C)(C)C2CCCS(=O)(=O)C2)C1. The minimum Gasteiger partial charge on any atom is -0.303 e. The van der Waals surface area contributed by atoms with Crippen LogP contribution in [0.1, 0.15) is 66.7 Å². The molecule has 0 N–H and O–H groups in total. The van der Waals surface area contributed by atoms with Crippen LogP contribution in [0.4, 0.5) is 0 Å². The van der Waals surface area contributed by atoms with Gasteiger partial charge in [0.05, 0.1) is 11.5 Å². The Labute approximate surface area is 144 Å². The van der Waals surface area contributed by atoms with Crippen LogP contribution in [-0.4, -0.2) is 44.5 Å². The van der Waals surface area contributed by atoms with Crippen molar-refractivity contribution in [2.75, 3.05) is 31.1 Å². The van der Waals surface area contributed by atoms with Gasteiger partial charge in [0.15, 0.2) is 9.84 Å². The Kier molecular flexibility index (Phi) is 5.88. The van der Waals surface area contributed by atoms with E-state index in [4.69, 9.17) is 0 Å². The fourth-order valence-electron chi connectivity index (χ4n) is 4.26. The summed E-state index contributed by atoms with van der Waals surface area (Å²) in [6.45, 7) is 15.2. The molecule has 2 heterocycles. The fourth-order valence-corrected chi connectivity index (χ4v) is 6.26. The molecule has 2 fully saturated rings. The zero-order valence-electron chi connectivity index (χ0n) is 15.9. The number of hydrogen-bond donors (Lipinski definition) is 0. The van der Waals surface area contributed by atoms with Gasteiger partial charge >= 0.3 is 0 Å². The zero-order valence-corrected chi connectivity index (χ0v) is 16.7. The summed E-state index contributed by atoms with van der Waals surface area (Å²) in [7, 11) is -2.80. The first-order chi connectivity index (χ1) is 10.5. The van der Waals surface area contributed by atoms with E-state index in [1.807, 2.05) is 0 Å². The number of hydrogen-bond acceptors (Lipinski definition) is 3. The van der Waals surface area contributed by atoms with Crippen molar-refractivity contribution >= 4 is 9.84 Å². The van der Waals surface area contributed by atoms with Crippen LogP contribution in [-0.2, 0) is 9.84 Å². The third-order valence-corrected chi connectivity index (χ3v) is 8.19. The maximum atomic E-state index is 12.0. The average molecular weight is 344 g/mol. The summed E-state index contributed by atoms with van der Waals surface area (Å²) in [5.74, 6) is 1.93. The van der Waals surface area contributed by atoms with Crippen LogP contribution in [0.3, 0.4) is 0 Å². The van der Waals surface area contributed by atoms with Crippen LogP contribution in [0.15, 0.2) is 0 Å². The molecule has 2 aliphatic heterocycles. The molecule has 0 spiro atoms. The lowest BCUT2D eigenvalue weighted by Crippen LogP contribution is -2.43. The van der Waals surface area contributed by atoms with Crippen molar-refractivity contribution in [1.82, 2.24) is 4.90 Å². The first kappa shape index (κ1) is 19.2. The minimum atomic E-state index is -2.80. The molecule has 0 amide bonds. The van der Waals surface area contributed by atoms with E-state index in [1.165, 1.54) is 25.9 Å². The Balaban J connectivity index is 1.89. The van der Waals surface area contributed by atoms with E-state index in [2.05, 4.69) is 39.5 Å². The Bertz CT molecular complexity index is 490. The summed E-state index contributed by atoms with van der Waals surface area (Å²) in [5, 5.41) is 0. The van der Waals surface area contributed by atoms with Gasteiger partial charge in [0.1, 0.15) is 0 Å². The Hall–Kier alpha value is -0.0900. The van der Waals surface area contributed by atoms with Gasteiger partial charge in [-0.25, -0.2) is 8.42 Å². The van der Waals surface area contributed by atoms with Gasteiger partial charge < -0.3 is 4.90 Å². The summed E-state index contributed by atoms with van der Waals surface area (Å²) < 4.78 is 23.9. The molecule has 2 aliphatic rings. The highest BCUT2D eigenvalue weighted by Crippen LogP contribution is 2.39. The molecule has 2 unspecified atom stereocenters. The van der Waals surface area contributed by atoms with Crippen molar-refractivity contribution in [3.05, 3.63) is 0 Å². The third kappa shape index (κ3) is 5.45. The topological polar surface area (TPSA) is 37.4 Å². The zero-order chi connectivity index (χ0) is 17.3. The van der Waals surface area contributed by atoms with Gasteiger partial charge in [0.25, 0.3) is 0 Å². The molecule has 0 bridgehead atoms. The van der Waals surface area contributed by atoms with E-state index in [1.54, 1.807) is 0 Å². The van der Waals surface area contributed by atoms with Gasteiger partial charge in [0.2, 0.25) is 0 Å². The Morgan fingerprint density at radius 1 is 1.00 bits per heavy atom. The second-order valence-corrected chi connectivity index (χ2v) is 11.9. The maximum absolute atomic E-state index is 12.0. The quantitative estimate of drug-likeness (QED) is 0.774. The fraction of sp³-hybridized carbons (Fsp3) is 1.00. The second-order valence-electron chi connectivity index (χ2n) is 9.70. The van der Waals surface area contributed by atoms with Gasteiger partial charge in [-0.15, -0.1) is 0 Å². The molecule has 4 heteroatoms.